The first-order valence-electron chi connectivity index (χ1n) is 9.15. The van der Waals surface area contributed by atoms with Gasteiger partial charge in [0.15, 0.2) is 0 Å². The number of hydrogen-bond acceptors (Lipinski definition) is 4. The van der Waals surface area contributed by atoms with Crippen LogP contribution in [0.3, 0.4) is 0 Å². The third kappa shape index (κ3) is 5.43. The van der Waals surface area contributed by atoms with Gasteiger partial charge in [-0.1, -0.05) is 36.9 Å². The largest absolute Gasteiger partial charge is 0.489 e. The number of benzene rings is 2. The van der Waals surface area contributed by atoms with E-state index in [0.717, 1.165) is 17.4 Å². The summed E-state index contributed by atoms with van der Waals surface area (Å²) in [6.45, 7) is 5.21. The number of hydrogen-bond donors (Lipinski definition) is 1. The van der Waals surface area contributed by atoms with Crippen molar-refractivity contribution in [1.29, 1.82) is 0 Å². The molecule has 7 heteroatoms. The Morgan fingerprint density at radius 3 is 2.57 bits per heavy atom. The fourth-order valence-electron chi connectivity index (χ4n) is 3.09. The van der Waals surface area contributed by atoms with E-state index in [1.165, 1.54) is 0 Å². The second-order valence-corrected chi connectivity index (χ2v) is 8.48. The van der Waals surface area contributed by atoms with Gasteiger partial charge in [-0.3, -0.25) is 4.79 Å². The molecule has 0 bridgehead atoms. The van der Waals surface area contributed by atoms with Gasteiger partial charge in [0, 0.05) is 30.6 Å². The first-order chi connectivity index (χ1) is 13.5. The highest BCUT2D eigenvalue weighted by molar-refractivity contribution is 7.92. The fourth-order valence-corrected chi connectivity index (χ4v) is 3.68. The smallest absolute Gasteiger partial charge is 0.253 e. The number of nitrogens with one attached hydrogen (secondary N) is 1. The molecule has 2 aromatic rings. The Kier molecular flexibility index (Phi) is 6.49. The molecule has 1 aliphatic heterocycles. The highest BCUT2D eigenvalue weighted by atomic mass is 32.2. The van der Waals surface area contributed by atoms with Crippen LogP contribution in [-0.2, 0) is 16.6 Å². The third-order valence-electron chi connectivity index (χ3n) is 4.72. The molecule has 6 nitrogen and oxygen atoms in total. The van der Waals surface area contributed by atoms with E-state index in [1.807, 2.05) is 30.3 Å². The van der Waals surface area contributed by atoms with Crippen molar-refractivity contribution < 1.29 is 17.9 Å². The van der Waals surface area contributed by atoms with Gasteiger partial charge in [0.25, 0.3) is 5.91 Å². The van der Waals surface area contributed by atoms with Crippen LogP contribution in [0.4, 0.5) is 0 Å². The number of nitrogens with zero attached hydrogens (tertiary/aromatic N) is 1. The Morgan fingerprint density at radius 2 is 1.89 bits per heavy atom. The lowest BCUT2D eigenvalue weighted by atomic mass is 10.1. The second-order valence-electron chi connectivity index (χ2n) is 6.76. The van der Waals surface area contributed by atoms with Crippen LogP contribution in [0.1, 0.15) is 22.3 Å². The van der Waals surface area contributed by atoms with Crippen LogP contribution in [0.5, 0.6) is 5.75 Å². The molecule has 0 saturated carbocycles. The van der Waals surface area contributed by atoms with Crippen LogP contribution in [0.15, 0.2) is 66.6 Å². The van der Waals surface area contributed by atoms with Crippen LogP contribution in [0.2, 0.25) is 0 Å². The standard InChI is InChI=1S/C21H24N2O4S/c1-2-28(25,26)22-14-18-12-13-23(15-18)21(24)19-8-10-20(11-9-19)27-16-17-6-4-3-5-7-17/h2-11,18,22H,1,12-16H2. The van der Waals surface area contributed by atoms with Gasteiger partial charge in [0.1, 0.15) is 12.4 Å². The van der Waals surface area contributed by atoms with Crippen LogP contribution in [0.25, 0.3) is 0 Å². The average Bonchev–Trinajstić information content (AvgIpc) is 3.21. The van der Waals surface area contributed by atoms with Gasteiger partial charge in [-0.25, -0.2) is 13.1 Å². The molecule has 0 aliphatic carbocycles. The molecule has 28 heavy (non-hydrogen) atoms. The van der Waals surface area contributed by atoms with Crippen molar-refractivity contribution in [3.8, 4) is 5.75 Å². The number of ether oxygens (including phenoxy) is 1. The predicted molar refractivity (Wildman–Crippen MR) is 108 cm³/mol. The zero-order valence-corrected chi connectivity index (χ0v) is 16.4. The lowest BCUT2D eigenvalue weighted by Crippen LogP contribution is -2.32. The first-order valence-corrected chi connectivity index (χ1v) is 10.7. The molecule has 0 spiro atoms. The lowest BCUT2D eigenvalue weighted by molar-refractivity contribution is 0.0787. The van der Waals surface area contributed by atoms with E-state index >= 15 is 0 Å². The van der Waals surface area contributed by atoms with E-state index in [0.29, 0.717) is 37.6 Å². The summed E-state index contributed by atoms with van der Waals surface area (Å²) in [4.78, 5) is 14.4. The molecule has 1 saturated heterocycles. The summed E-state index contributed by atoms with van der Waals surface area (Å²) in [6, 6.07) is 17.0. The second kappa shape index (κ2) is 9.03. The van der Waals surface area contributed by atoms with Crippen LogP contribution >= 0.6 is 0 Å². The molecule has 1 unspecified atom stereocenters. The predicted octanol–water partition coefficient (Wildman–Crippen LogP) is 2.79. The van der Waals surface area contributed by atoms with Crippen molar-refractivity contribution in [2.75, 3.05) is 19.6 Å². The first kappa shape index (κ1) is 20.1. The molecule has 2 aromatic carbocycles. The molecule has 1 aliphatic rings. The maximum Gasteiger partial charge on any atom is 0.253 e. The minimum Gasteiger partial charge on any atom is -0.489 e. The van der Waals surface area contributed by atoms with Crippen molar-refractivity contribution in [3.05, 3.63) is 77.7 Å². The van der Waals surface area contributed by atoms with Crippen molar-refractivity contribution in [1.82, 2.24) is 9.62 Å². The Bertz CT molecular complexity index is 911. The molecule has 0 aromatic heterocycles. The van der Waals surface area contributed by atoms with Gasteiger partial charge in [-0.15, -0.1) is 0 Å². The Labute approximate surface area is 165 Å². The lowest BCUT2D eigenvalue weighted by Gasteiger charge is -2.17. The highest BCUT2D eigenvalue weighted by Gasteiger charge is 2.27. The van der Waals surface area contributed by atoms with Gasteiger partial charge >= 0.3 is 0 Å². The van der Waals surface area contributed by atoms with E-state index in [-0.39, 0.29) is 11.8 Å². The number of amides is 1. The number of sulfonamides is 1. The van der Waals surface area contributed by atoms with Gasteiger partial charge in [-0.2, -0.15) is 0 Å². The van der Waals surface area contributed by atoms with Crippen LogP contribution in [-0.4, -0.2) is 38.9 Å². The zero-order chi connectivity index (χ0) is 20.0. The van der Waals surface area contributed by atoms with E-state index in [9.17, 15) is 13.2 Å². The topological polar surface area (TPSA) is 75.7 Å². The summed E-state index contributed by atoms with van der Waals surface area (Å²) in [6.07, 6.45) is 0.768. The molecular weight excluding hydrogens is 376 g/mol. The molecule has 0 radical (unpaired) electrons. The molecule has 1 N–H and O–H groups in total. The minimum atomic E-state index is -3.43. The molecular formula is C21H24N2O4S. The van der Waals surface area contributed by atoms with Crippen LogP contribution < -0.4 is 9.46 Å². The van der Waals surface area contributed by atoms with Gasteiger partial charge < -0.3 is 9.64 Å². The summed E-state index contributed by atoms with van der Waals surface area (Å²) >= 11 is 0. The summed E-state index contributed by atoms with van der Waals surface area (Å²) in [5.74, 6) is 0.759. The van der Waals surface area contributed by atoms with E-state index in [2.05, 4.69) is 11.3 Å². The van der Waals surface area contributed by atoms with Crippen molar-refractivity contribution in [2.24, 2.45) is 5.92 Å². The zero-order valence-electron chi connectivity index (χ0n) is 15.6. The fraction of sp³-hybridized carbons (Fsp3) is 0.286. The maximum absolute atomic E-state index is 12.7. The maximum atomic E-state index is 12.7. The SMILES string of the molecule is C=CS(=O)(=O)NCC1CCN(C(=O)c2ccc(OCc3ccccc3)cc2)C1. The molecule has 148 valence electrons. The van der Waals surface area contributed by atoms with Gasteiger partial charge in [0.05, 0.1) is 0 Å². The summed E-state index contributed by atoms with van der Waals surface area (Å²) < 4.78 is 31.1. The number of likely N-dealkylation sites (tertiary alicyclic amines) is 1. The highest BCUT2D eigenvalue weighted by Crippen LogP contribution is 2.20. The molecule has 1 amide bonds. The third-order valence-corrected chi connectivity index (χ3v) is 5.72. The Balaban J connectivity index is 1.51. The quantitative estimate of drug-likeness (QED) is 0.739. The van der Waals surface area contributed by atoms with Gasteiger partial charge in [0.2, 0.25) is 10.0 Å². The minimum absolute atomic E-state index is 0.0521. The normalized spacial score (nSPS) is 16.7. The molecule has 3 rings (SSSR count). The van der Waals surface area contributed by atoms with Gasteiger partial charge in [-0.05, 0) is 42.2 Å². The average molecular weight is 401 g/mol. The van der Waals surface area contributed by atoms with Crippen molar-refractivity contribution in [3.63, 3.8) is 0 Å². The number of rotatable bonds is 8. The van der Waals surface area contributed by atoms with Crippen LogP contribution in [0, 0.1) is 5.92 Å². The summed E-state index contributed by atoms with van der Waals surface area (Å²) in [7, 11) is -3.43. The number of carbonyl (C=O) groups is 1. The molecule has 1 heterocycles. The van der Waals surface area contributed by atoms with E-state index in [4.69, 9.17) is 4.74 Å². The molecule has 1 fully saturated rings. The van der Waals surface area contributed by atoms with E-state index < -0.39 is 10.0 Å². The Morgan fingerprint density at radius 1 is 1.18 bits per heavy atom. The number of carbonyl (C=O) groups excluding carboxylic acids is 1. The molecule has 1 atom stereocenters. The Hall–Kier alpha value is -2.64. The van der Waals surface area contributed by atoms with E-state index in [1.54, 1.807) is 29.2 Å². The van der Waals surface area contributed by atoms with Crippen molar-refractivity contribution in [2.45, 2.75) is 13.0 Å². The summed E-state index contributed by atoms with van der Waals surface area (Å²) in [5, 5.41) is 0.895. The summed E-state index contributed by atoms with van der Waals surface area (Å²) in [5.41, 5.74) is 1.68. The monoisotopic (exact) mass is 400 g/mol. The van der Waals surface area contributed by atoms with Crippen molar-refractivity contribution >= 4 is 15.9 Å².